The Balaban J connectivity index is 2.44. The maximum Gasteiger partial charge on any atom is 0.295 e. The SMILES string of the molecule is O=[N+]([O-])c1ccc(OCCCS)c2cccnc12. The molecule has 18 heavy (non-hydrogen) atoms. The fourth-order valence-electron chi connectivity index (χ4n) is 1.65. The highest BCUT2D eigenvalue weighted by Gasteiger charge is 2.15. The maximum atomic E-state index is 10.9. The lowest BCUT2D eigenvalue weighted by molar-refractivity contribution is -0.383. The lowest BCUT2D eigenvalue weighted by atomic mass is 10.1. The third kappa shape index (κ3) is 2.53. The van der Waals surface area contributed by atoms with Crippen LogP contribution >= 0.6 is 12.6 Å². The van der Waals surface area contributed by atoms with Gasteiger partial charge in [0, 0.05) is 17.6 Å². The van der Waals surface area contributed by atoms with Crippen molar-refractivity contribution in [3.05, 3.63) is 40.6 Å². The fourth-order valence-corrected chi connectivity index (χ4v) is 1.78. The van der Waals surface area contributed by atoms with Gasteiger partial charge in [-0.15, -0.1) is 0 Å². The van der Waals surface area contributed by atoms with Gasteiger partial charge in [0.05, 0.1) is 11.5 Å². The Morgan fingerprint density at radius 3 is 2.94 bits per heavy atom. The first-order chi connectivity index (χ1) is 8.74. The summed E-state index contributed by atoms with van der Waals surface area (Å²) in [7, 11) is 0. The first-order valence-electron chi connectivity index (χ1n) is 5.50. The van der Waals surface area contributed by atoms with Gasteiger partial charge >= 0.3 is 0 Å². The summed E-state index contributed by atoms with van der Waals surface area (Å²) in [5, 5.41) is 11.6. The second-order valence-electron chi connectivity index (χ2n) is 3.67. The lowest BCUT2D eigenvalue weighted by Gasteiger charge is -2.08. The van der Waals surface area contributed by atoms with Crippen LogP contribution in [0, 0.1) is 10.1 Å². The highest BCUT2D eigenvalue weighted by Crippen LogP contribution is 2.31. The van der Waals surface area contributed by atoms with Crippen molar-refractivity contribution in [2.75, 3.05) is 12.4 Å². The van der Waals surface area contributed by atoms with Crippen molar-refractivity contribution in [1.29, 1.82) is 0 Å². The fraction of sp³-hybridized carbons (Fsp3) is 0.250. The van der Waals surface area contributed by atoms with Crippen molar-refractivity contribution < 1.29 is 9.66 Å². The Labute approximate surface area is 109 Å². The van der Waals surface area contributed by atoms with E-state index >= 15 is 0 Å². The number of nitro groups is 1. The molecule has 2 rings (SSSR count). The molecule has 0 saturated carbocycles. The van der Waals surface area contributed by atoms with Crippen molar-refractivity contribution >= 4 is 29.2 Å². The van der Waals surface area contributed by atoms with Crippen LogP contribution in [0.2, 0.25) is 0 Å². The van der Waals surface area contributed by atoms with Crippen LogP contribution in [0.25, 0.3) is 10.9 Å². The maximum absolute atomic E-state index is 10.9. The summed E-state index contributed by atoms with van der Waals surface area (Å²) < 4.78 is 5.58. The number of thiol groups is 1. The van der Waals surface area contributed by atoms with E-state index in [1.807, 2.05) is 0 Å². The largest absolute Gasteiger partial charge is 0.493 e. The van der Waals surface area contributed by atoms with E-state index < -0.39 is 4.92 Å². The standard InChI is InChI=1S/C12H12N2O3S/c15-14(16)10-4-5-11(17-7-2-8-18)9-3-1-6-13-12(9)10/h1,3-6,18H,2,7-8H2. The van der Waals surface area contributed by atoms with Crippen LogP contribution in [-0.2, 0) is 0 Å². The number of nitrogens with zero attached hydrogens (tertiary/aromatic N) is 2. The van der Waals surface area contributed by atoms with Gasteiger partial charge in [0.15, 0.2) is 5.52 Å². The summed E-state index contributed by atoms with van der Waals surface area (Å²) in [6, 6.07) is 6.54. The minimum Gasteiger partial charge on any atom is -0.493 e. The van der Waals surface area contributed by atoms with E-state index in [4.69, 9.17) is 4.74 Å². The van der Waals surface area contributed by atoms with Crippen LogP contribution in [-0.4, -0.2) is 22.3 Å². The third-order valence-electron chi connectivity index (χ3n) is 2.47. The minimum atomic E-state index is -0.438. The van der Waals surface area contributed by atoms with E-state index in [0.717, 1.165) is 12.2 Å². The van der Waals surface area contributed by atoms with Gasteiger partial charge in [-0.25, -0.2) is 4.98 Å². The van der Waals surface area contributed by atoms with Crippen LogP contribution < -0.4 is 4.74 Å². The average Bonchev–Trinajstić information content (AvgIpc) is 2.38. The molecule has 0 amide bonds. The topological polar surface area (TPSA) is 65.3 Å². The van der Waals surface area contributed by atoms with Crippen molar-refractivity contribution in [2.45, 2.75) is 6.42 Å². The molecule has 0 spiro atoms. The summed E-state index contributed by atoms with van der Waals surface area (Å²) in [6.45, 7) is 0.533. The Morgan fingerprint density at radius 1 is 1.39 bits per heavy atom. The van der Waals surface area contributed by atoms with Crippen LogP contribution in [0.4, 0.5) is 5.69 Å². The molecule has 0 aliphatic rings. The molecular formula is C12H12N2O3S. The third-order valence-corrected chi connectivity index (χ3v) is 2.78. The second-order valence-corrected chi connectivity index (χ2v) is 4.11. The molecule has 0 unspecified atom stereocenters. The van der Waals surface area contributed by atoms with Gasteiger partial charge in [-0.3, -0.25) is 10.1 Å². The summed E-state index contributed by atoms with van der Waals surface area (Å²) >= 11 is 4.10. The molecule has 0 saturated heterocycles. The Kier molecular flexibility index (Phi) is 3.99. The molecule has 2 aromatic rings. The van der Waals surface area contributed by atoms with Crippen molar-refractivity contribution in [2.24, 2.45) is 0 Å². The lowest BCUT2D eigenvalue weighted by Crippen LogP contribution is -2.00. The minimum absolute atomic E-state index is 0.00727. The summed E-state index contributed by atoms with van der Waals surface area (Å²) in [4.78, 5) is 14.5. The number of non-ortho nitro benzene ring substituents is 1. The number of ether oxygens (including phenoxy) is 1. The van der Waals surface area contributed by atoms with Gasteiger partial charge in [-0.1, -0.05) is 0 Å². The molecule has 1 aromatic carbocycles. The zero-order valence-electron chi connectivity index (χ0n) is 9.57. The van der Waals surface area contributed by atoms with Crippen molar-refractivity contribution in [3.63, 3.8) is 0 Å². The molecule has 6 heteroatoms. The van der Waals surface area contributed by atoms with Gasteiger partial charge in [-0.2, -0.15) is 12.6 Å². The quantitative estimate of drug-likeness (QED) is 0.390. The first kappa shape index (κ1) is 12.6. The van der Waals surface area contributed by atoms with Gasteiger partial charge in [0.25, 0.3) is 5.69 Å². The zero-order valence-corrected chi connectivity index (χ0v) is 10.5. The molecule has 0 atom stereocenters. The molecule has 0 aliphatic carbocycles. The van der Waals surface area contributed by atoms with Crippen molar-refractivity contribution in [3.8, 4) is 5.75 Å². The second kappa shape index (κ2) is 5.68. The van der Waals surface area contributed by atoms with Gasteiger partial charge in [-0.05, 0) is 30.4 Å². The zero-order chi connectivity index (χ0) is 13.0. The van der Waals surface area contributed by atoms with E-state index in [2.05, 4.69) is 17.6 Å². The van der Waals surface area contributed by atoms with Gasteiger partial charge in [0.2, 0.25) is 0 Å². The summed E-state index contributed by atoms with van der Waals surface area (Å²) in [5.74, 6) is 1.36. The molecule has 94 valence electrons. The van der Waals surface area contributed by atoms with Gasteiger partial charge < -0.3 is 4.74 Å². The number of hydrogen-bond donors (Lipinski definition) is 1. The molecule has 5 nitrogen and oxygen atoms in total. The molecule has 0 aliphatic heterocycles. The van der Waals surface area contributed by atoms with E-state index in [-0.39, 0.29) is 5.69 Å². The number of fused-ring (bicyclic) bond motifs is 1. The number of pyridine rings is 1. The van der Waals surface area contributed by atoms with E-state index in [1.165, 1.54) is 12.3 Å². The molecule has 0 radical (unpaired) electrons. The predicted molar refractivity (Wildman–Crippen MR) is 72.4 cm³/mol. The number of nitro benzene ring substituents is 1. The van der Waals surface area contributed by atoms with E-state index in [9.17, 15) is 10.1 Å². The number of rotatable bonds is 5. The Hall–Kier alpha value is -1.82. The monoisotopic (exact) mass is 264 g/mol. The predicted octanol–water partition coefficient (Wildman–Crippen LogP) is 2.84. The highest BCUT2D eigenvalue weighted by atomic mass is 32.1. The molecule has 0 fully saturated rings. The molecular weight excluding hydrogens is 252 g/mol. The molecule has 0 bridgehead atoms. The molecule has 1 aromatic heterocycles. The Bertz CT molecular complexity index is 574. The summed E-state index contributed by atoms with van der Waals surface area (Å²) in [6.07, 6.45) is 2.36. The number of benzene rings is 1. The highest BCUT2D eigenvalue weighted by molar-refractivity contribution is 7.80. The normalized spacial score (nSPS) is 10.5. The smallest absolute Gasteiger partial charge is 0.295 e. The van der Waals surface area contributed by atoms with Crippen LogP contribution in [0.1, 0.15) is 6.42 Å². The first-order valence-corrected chi connectivity index (χ1v) is 6.13. The number of hydrogen-bond acceptors (Lipinski definition) is 5. The van der Waals surface area contributed by atoms with Gasteiger partial charge in [0.1, 0.15) is 5.75 Å². The molecule has 1 heterocycles. The van der Waals surface area contributed by atoms with Crippen LogP contribution in [0.5, 0.6) is 5.75 Å². The van der Waals surface area contributed by atoms with Crippen LogP contribution in [0.15, 0.2) is 30.5 Å². The summed E-state index contributed by atoms with van der Waals surface area (Å²) in [5.41, 5.74) is 0.345. The molecule has 0 N–H and O–H groups in total. The number of aromatic nitrogens is 1. The van der Waals surface area contributed by atoms with E-state index in [1.54, 1.807) is 18.2 Å². The van der Waals surface area contributed by atoms with Crippen molar-refractivity contribution in [1.82, 2.24) is 4.98 Å². The van der Waals surface area contributed by atoms with E-state index in [0.29, 0.717) is 23.3 Å². The Morgan fingerprint density at radius 2 is 2.22 bits per heavy atom. The average molecular weight is 264 g/mol. The van der Waals surface area contributed by atoms with Crippen LogP contribution in [0.3, 0.4) is 0 Å².